The Morgan fingerprint density at radius 2 is 2.25 bits per heavy atom. The van der Waals surface area contributed by atoms with Gasteiger partial charge in [-0.2, -0.15) is 0 Å². The van der Waals surface area contributed by atoms with Gasteiger partial charge in [0.2, 0.25) is 0 Å². The zero-order valence-electron chi connectivity index (χ0n) is 1.92. The molecule has 0 aromatic carbocycles. The predicted molar refractivity (Wildman–Crippen MR) is 22.3 cm³/mol. The van der Waals surface area contributed by atoms with Gasteiger partial charge in [0.1, 0.15) is 0 Å². The Morgan fingerprint density at radius 1 is 2.00 bits per heavy atom. The van der Waals surface area contributed by atoms with Crippen molar-refractivity contribution in [2.45, 2.75) is 0 Å². The van der Waals surface area contributed by atoms with Crippen LogP contribution in [0, 0.1) is 0 Å². The van der Waals surface area contributed by atoms with Crippen LogP contribution in [0.1, 0.15) is 0 Å². The van der Waals surface area contributed by atoms with Crippen LogP contribution in [0.3, 0.4) is 0 Å². The molecule has 0 bridgehead atoms. The minimum absolute atomic E-state index is 0.279. The van der Waals surface area contributed by atoms with Crippen molar-refractivity contribution in [3.8, 4) is 0 Å². The quantitative estimate of drug-likeness (QED) is 0.503. The molecule has 0 aliphatic rings. The summed E-state index contributed by atoms with van der Waals surface area (Å²) in [6.07, 6.45) is 0. The van der Waals surface area contributed by atoms with Crippen LogP contribution < -0.4 is 0 Å². The van der Waals surface area contributed by atoms with Crippen LogP contribution in [-0.4, -0.2) is 40.4 Å². The fraction of sp³-hybridized carbons (Fsp3) is 0. The fourth-order valence-electron chi connectivity index (χ4n) is 0. The van der Waals surface area contributed by atoms with Crippen LogP contribution in [0.25, 0.3) is 0 Å². The maximum absolute atomic E-state index is 7.80. The molecular weight excluding hydrogens is 235 g/mol. The third-order valence-corrected chi connectivity index (χ3v) is 1.80. The molecule has 0 amide bonds. The van der Waals surface area contributed by atoms with Gasteiger partial charge in [-0.15, -0.1) is 0 Å². The summed E-state index contributed by atoms with van der Waals surface area (Å²) in [4.78, 5) is 0. The number of rotatable bonds is 0. The Balaban J connectivity index is 2.55. The number of aliphatic hydroxyl groups excluding tert-OH is 1. The van der Waals surface area contributed by atoms with Gasteiger partial charge in [-0.05, 0) is 0 Å². The first-order valence-corrected chi connectivity index (χ1v) is 8.96. The minimum atomic E-state index is -0.279. The van der Waals surface area contributed by atoms with Crippen molar-refractivity contribution in [3.05, 3.63) is 0 Å². The van der Waals surface area contributed by atoms with E-state index in [0.717, 1.165) is 0 Å². The third kappa shape index (κ3) is 3.14. The Bertz CT molecular complexity index is 23.2. The van der Waals surface area contributed by atoms with Crippen molar-refractivity contribution in [2.24, 2.45) is 0 Å². The fourth-order valence-corrected chi connectivity index (χ4v) is 0. The Morgan fingerprint density at radius 3 is 2.25 bits per heavy atom. The first-order valence-electron chi connectivity index (χ1n) is 0.716. The van der Waals surface area contributed by atoms with E-state index in [1.165, 1.54) is 4.24 Å². The molecule has 0 aliphatic carbocycles. The van der Waals surface area contributed by atoms with Crippen molar-refractivity contribution < 1.29 is 5.11 Å². The van der Waals surface area contributed by atoms with Crippen LogP contribution in [-0.2, 0) is 0 Å². The van der Waals surface area contributed by atoms with E-state index < -0.39 is 0 Å². The normalized spacial score (nSPS) is 11.5. The summed E-state index contributed by atoms with van der Waals surface area (Å²) in [6, 6.07) is 0. The zero-order chi connectivity index (χ0) is 3.41. The van der Waals surface area contributed by atoms with Gasteiger partial charge in [0, 0.05) is 0 Å². The SMILES string of the molecule is OC=[TeH][SeH]. The summed E-state index contributed by atoms with van der Waals surface area (Å²) < 4.78 is 1.25. The molecule has 1 nitrogen and oxygen atoms in total. The van der Waals surface area contributed by atoms with E-state index in [2.05, 4.69) is 12.8 Å². The third-order valence-electron chi connectivity index (χ3n) is 0.0516. The number of hydrogen-bond donors (Lipinski definition) is 1. The second kappa shape index (κ2) is 4.14. The monoisotopic (exact) mass is 242 g/mol. The summed E-state index contributed by atoms with van der Waals surface area (Å²) in [7, 11) is 0. The Labute approximate surface area is 40.4 Å². The zero-order valence-corrected chi connectivity index (χ0v) is 6.35. The van der Waals surface area contributed by atoms with Crippen molar-refractivity contribution in [2.75, 3.05) is 0 Å². The molecule has 0 heterocycles. The summed E-state index contributed by atoms with van der Waals surface area (Å²) in [6.45, 7) is 0. The van der Waals surface area contributed by atoms with Gasteiger partial charge < -0.3 is 0 Å². The van der Waals surface area contributed by atoms with Crippen LogP contribution in [0.15, 0.2) is 0 Å². The van der Waals surface area contributed by atoms with Crippen LogP contribution in [0.2, 0.25) is 0 Å². The summed E-state index contributed by atoms with van der Waals surface area (Å²) in [5.41, 5.74) is 0. The van der Waals surface area contributed by atoms with Crippen molar-refractivity contribution in [3.63, 3.8) is 0 Å². The molecule has 0 aromatic rings. The van der Waals surface area contributed by atoms with E-state index in [1.54, 1.807) is 0 Å². The Hall–Kier alpha value is 1.14. The number of hydrogen-bond acceptors (Lipinski definition) is 1. The van der Waals surface area contributed by atoms with Crippen molar-refractivity contribution in [1.29, 1.82) is 0 Å². The van der Waals surface area contributed by atoms with Gasteiger partial charge >= 0.3 is 40.4 Å². The van der Waals surface area contributed by atoms with Crippen molar-refractivity contribution in [1.82, 2.24) is 0 Å². The Kier molecular flexibility index (Phi) is 5.32. The second-order valence-electron chi connectivity index (χ2n) is 0.231. The van der Waals surface area contributed by atoms with Crippen LogP contribution in [0.5, 0.6) is 0 Å². The van der Waals surface area contributed by atoms with Gasteiger partial charge in [-0.1, -0.05) is 0 Å². The topological polar surface area (TPSA) is 20.2 Å². The number of aliphatic hydroxyl groups is 1. The molecule has 26 valence electrons. The van der Waals surface area contributed by atoms with Crippen LogP contribution in [0.4, 0.5) is 0 Å². The molecule has 0 spiro atoms. The molecule has 0 saturated heterocycles. The maximum atomic E-state index is 7.80. The molecule has 0 radical (unpaired) electrons. The van der Waals surface area contributed by atoms with Gasteiger partial charge in [0.25, 0.3) is 0 Å². The predicted octanol–water partition coefficient (Wildman–Crippen LogP) is -1.63. The average Bonchev–Trinajstić information content (AvgIpc) is 1.37. The summed E-state index contributed by atoms with van der Waals surface area (Å²) >= 11 is 2.10. The van der Waals surface area contributed by atoms with Gasteiger partial charge in [0.05, 0.1) is 0 Å². The molecule has 0 rings (SSSR count). The summed E-state index contributed by atoms with van der Waals surface area (Å²) in [5.74, 6) is 0. The van der Waals surface area contributed by atoms with E-state index in [9.17, 15) is 0 Å². The molecule has 4 heavy (non-hydrogen) atoms. The molecule has 0 aliphatic heterocycles. The van der Waals surface area contributed by atoms with Crippen LogP contribution >= 0.6 is 0 Å². The van der Waals surface area contributed by atoms with Gasteiger partial charge in [-0.25, -0.2) is 0 Å². The molecule has 0 atom stereocenters. The van der Waals surface area contributed by atoms with E-state index in [-0.39, 0.29) is 18.2 Å². The molecule has 0 saturated carbocycles. The van der Waals surface area contributed by atoms with Gasteiger partial charge in [-0.3, -0.25) is 0 Å². The molecule has 0 fully saturated rings. The first kappa shape index (κ1) is 5.14. The van der Waals surface area contributed by atoms with E-state index >= 15 is 0 Å². The second-order valence-corrected chi connectivity index (χ2v) is 4.80. The van der Waals surface area contributed by atoms with Crippen molar-refractivity contribution >= 4 is 35.3 Å². The first-order chi connectivity index (χ1) is 1.91. The van der Waals surface area contributed by atoms with Gasteiger partial charge in [0.15, 0.2) is 0 Å². The molecule has 3 heteroatoms. The molecule has 0 unspecified atom stereocenters. The molecular formula is CH4OSeTe. The average molecular weight is 239 g/mol. The van der Waals surface area contributed by atoms with E-state index in [0.29, 0.717) is 0 Å². The molecule has 0 aromatic heterocycles. The molecule has 1 N–H and O–H groups in total. The summed E-state index contributed by atoms with van der Waals surface area (Å²) in [5, 5.41) is 7.80. The standard InChI is InChI=1S/CH4OSeTe/c2-1-4-3/h1-4H. The van der Waals surface area contributed by atoms with E-state index in [4.69, 9.17) is 5.11 Å². The van der Waals surface area contributed by atoms with E-state index in [1.807, 2.05) is 0 Å².